The molecule has 0 aromatic rings. The molecule has 0 spiro atoms. The van der Waals surface area contributed by atoms with E-state index in [2.05, 4.69) is 51.8 Å². The molecule has 1 N–H and O–H groups in total. The first-order valence-electron chi connectivity index (χ1n) is 7.29. The number of hydrogen-bond acceptors (Lipinski definition) is 2. The molecule has 0 aromatic carbocycles. The summed E-state index contributed by atoms with van der Waals surface area (Å²) in [5, 5.41) is 3.73. The van der Waals surface area contributed by atoms with Gasteiger partial charge < -0.3 is 5.32 Å². The highest BCUT2D eigenvalue weighted by atomic mass is 15.2. The van der Waals surface area contributed by atoms with E-state index in [-0.39, 0.29) is 0 Å². The van der Waals surface area contributed by atoms with Crippen molar-refractivity contribution in [2.45, 2.75) is 66.5 Å². The van der Waals surface area contributed by atoms with E-state index in [0.717, 1.165) is 12.0 Å². The lowest BCUT2D eigenvalue weighted by Gasteiger charge is -2.43. The Morgan fingerprint density at radius 1 is 1.29 bits per heavy atom. The van der Waals surface area contributed by atoms with Crippen LogP contribution in [0, 0.1) is 11.3 Å². The van der Waals surface area contributed by atoms with Crippen LogP contribution in [-0.4, -0.2) is 36.6 Å². The third-order valence-corrected chi connectivity index (χ3v) is 3.52. The third kappa shape index (κ3) is 5.39. The molecule has 17 heavy (non-hydrogen) atoms. The number of nitrogens with one attached hydrogen (secondary N) is 1. The van der Waals surface area contributed by atoms with Crippen LogP contribution in [0.15, 0.2) is 0 Å². The fourth-order valence-electron chi connectivity index (χ4n) is 2.86. The molecule has 1 saturated heterocycles. The molecule has 102 valence electrons. The highest BCUT2D eigenvalue weighted by Gasteiger charge is 2.29. The molecule has 0 radical (unpaired) electrons. The molecule has 0 aromatic heterocycles. The quantitative estimate of drug-likeness (QED) is 0.812. The summed E-state index contributed by atoms with van der Waals surface area (Å²) in [5.41, 5.74) is 0.410. The number of rotatable bonds is 4. The lowest BCUT2D eigenvalue weighted by molar-refractivity contribution is 0.0826. The molecular weight excluding hydrogens is 208 g/mol. The zero-order chi connectivity index (χ0) is 13.1. The van der Waals surface area contributed by atoms with E-state index < -0.39 is 0 Å². The lowest BCUT2D eigenvalue weighted by atomic mass is 9.92. The Labute approximate surface area is 108 Å². The molecule has 1 rings (SSSR count). The molecular formula is C15H32N2. The minimum atomic E-state index is 0.410. The molecule has 1 heterocycles. The molecule has 2 nitrogen and oxygen atoms in total. The van der Waals surface area contributed by atoms with Gasteiger partial charge in [0.2, 0.25) is 0 Å². The largest absolute Gasteiger partial charge is 0.311 e. The zero-order valence-corrected chi connectivity index (χ0v) is 12.7. The highest BCUT2D eigenvalue weighted by molar-refractivity contribution is 4.87. The average Bonchev–Trinajstić information content (AvgIpc) is 2.14. The summed E-state index contributed by atoms with van der Waals surface area (Å²) in [4.78, 5) is 2.71. The summed E-state index contributed by atoms with van der Waals surface area (Å²) in [6, 6.07) is 1.43. The van der Waals surface area contributed by atoms with E-state index in [1.54, 1.807) is 0 Å². The summed E-state index contributed by atoms with van der Waals surface area (Å²) in [6.07, 6.45) is 2.56. The first kappa shape index (κ1) is 15.0. The van der Waals surface area contributed by atoms with Crippen LogP contribution < -0.4 is 5.32 Å². The van der Waals surface area contributed by atoms with Crippen LogP contribution in [0.25, 0.3) is 0 Å². The van der Waals surface area contributed by atoms with Gasteiger partial charge in [-0.15, -0.1) is 0 Å². The maximum Gasteiger partial charge on any atom is 0.0219 e. The number of hydrogen-bond donors (Lipinski definition) is 1. The monoisotopic (exact) mass is 240 g/mol. The van der Waals surface area contributed by atoms with Crippen LogP contribution >= 0.6 is 0 Å². The van der Waals surface area contributed by atoms with Crippen molar-refractivity contribution in [2.24, 2.45) is 11.3 Å². The third-order valence-electron chi connectivity index (χ3n) is 3.52. The Balaban J connectivity index is 2.55. The van der Waals surface area contributed by atoms with Crippen LogP contribution in [-0.2, 0) is 0 Å². The second-order valence-electron chi connectivity index (χ2n) is 7.29. The molecule has 2 unspecified atom stereocenters. The van der Waals surface area contributed by atoms with Crippen LogP contribution in [0.2, 0.25) is 0 Å². The SMILES string of the molecule is CCC1CNC(CC(C)C)CN1CC(C)(C)C. The predicted octanol–water partition coefficient (Wildman–Crippen LogP) is 3.13. The van der Waals surface area contributed by atoms with Crippen molar-refractivity contribution in [3.8, 4) is 0 Å². The van der Waals surface area contributed by atoms with E-state index in [1.807, 2.05) is 0 Å². The van der Waals surface area contributed by atoms with Crippen molar-refractivity contribution in [3.63, 3.8) is 0 Å². The molecule has 0 saturated carbocycles. The van der Waals surface area contributed by atoms with Gasteiger partial charge in [-0.1, -0.05) is 41.5 Å². The van der Waals surface area contributed by atoms with Crippen molar-refractivity contribution < 1.29 is 0 Å². The van der Waals surface area contributed by atoms with Gasteiger partial charge >= 0.3 is 0 Å². The second-order valence-corrected chi connectivity index (χ2v) is 7.29. The molecule has 1 aliphatic heterocycles. The first-order chi connectivity index (χ1) is 7.81. The number of piperazine rings is 1. The minimum absolute atomic E-state index is 0.410. The molecule has 1 aliphatic rings. The van der Waals surface area contributed by atoms with Crippen molar-refractivity contribution in [2.75, 3.05) is 19.6 Å². The second kappa shape index (κ2) is 6.19. The van der Waals surface area contributed by atoms with Crippen molar-refractivity contribution >= 4 is 0 Å². The van der Waals surface area contributed by atoms with Gasteiger partial charge in [0, 0.05) is 31.7 Å². The predicted molar refractivity (Wildman–Crippen MR) is 76.4 cm³/mol. The van der Waals surface area contributed by atoms with Crippen molar-refractivity contribution in [1.82, 2.24) is 10.2 Å². The maximum atomic E-state index is 3.73. The normalized spacial score (nSPS) is 27.7. The van der Waals surface area contributed by atoms with E-state index in [0.29, 0.717) is 11.5 Å². The standard InChI is InChI=1S/C15H32N2/c1-7-14-9-16-13(8-12(2)3)10-17(14)11-15(4,5)6/h12-14,16H,7-11H2,1-6H3. The summed E-state index contributed by atoms with van der Waals surface area (Å²) < 4.78 is 0. The Bertz CT molecular complexity index is 217. The lowest BCUT2D eigenvalue weighted by Crippen LogP contribution is -2.58. The van der Waals surface area contributed by atoms with Gasteiger partial charge in [-0.25, -0.2) is 0 Å². The Hall–Kier alpha value is -0.0800. The summed E-state index contributed by atoms with van der Waals surface area (Å²) in [5.74, 6) is 0.794. The van der Waals surface area contributed by atoms with Gasteiger partial charge in [0.1, 0.15) is 0 Å². The Kier molecular flexibility index (Phi) is 5.46. The van der Waals surface area contributed by atoms with E-state index in [9.17, 15) is 0 Å². The van der Waals surface area contributed by atoms with Gasteiger partial charge in [0.05, 0.1) is 0 Å². The molecule has 1 fully saturated rings. The molecule has 0 bridgehead atoms. The molecule has 0 aliphatic carbocycles. The van der Waals surface area contributed by atoms with E-state index >= 15 is 0 Å². The van der Waals surface area contributed by atoms with Gasteiger partial charge in [0.25, 0.3) is 0 Å². The Morgan fingerprint density at radius 3 is 2.41 bits per heavy atom. The maximum absolute atomic E-state index is 3.73. The van der Waals surface area contributed by atoms with Crippen molar-refractivity contribution in [1.29, 1.82) is 0 Å². The van der Waals surface area contributed by atoms with Crippen LogP contribution in [0.3, 0.4) is 0 Å². The van der Waals surface area contributed by atoms with Gasteiger partial charge in [-0.05, 0) is 24.2 Å². The Morgan fingerprint density at radius 2 is 1.94 bits per heavy atom. The highest BCUT2D eigenvalue weighted by Crippen LogP contribution is 2.21. The minimum Gasteiger partial charge on any atom is -0.311 e. The topological polar surface area (TPSA) is 15.3 Å². The van der Waals surface area contributed by atoms with Crippen molar-refractivity contribution in [3.05, 3.63) is 0 Å². The van der Waals surface area contributed by atoms with Crippen LogP contribution in [0.5, 0.6) is 0 Å². The smallest absolute Gasteiger partial charge is 0.0219 e. The van der Waals surface area contributed by atoms with Crippen LogP contribution in [0.1, 0.15) is 54.4 Å². The van der Waals surface area contributed by atoms with E-state index in [1.165, 1.54) is 32.5 Å². The fourth-order valence-corrected chi connectivity index (χ4v) is 2.86. The van der Waals surface area contributed by atoms with E-state index in [4.69, 9.17) is 0 Å². The molecule has 0 amide bonds. The number of nitrogens with zero attached hydrogens (tertiary/aromatic N) is 1. The fraction of sp³-hybridized carbons (Fsp3) is 1.00. The summed E-state index contributed by atoms with van der Waals surface area (Å²) >= 11 is 0. The average molecular weight is 240 g/mol. The summed E-state index contributed by atoms with van der Waals surface area (Å²) in [6.45, 7) is 17.6. The zero-order valence-electron chi connectivity index (χ0n) is 12.7. The molecule has 2 atom stereocenters. The van der Waals surface area contributed by atoms with Gasteiger partial charge in [0.15, 0.2) is 0 Å². The van der Waals surface area contributed by atoms with Gasteiger partial charge in [-0.3, -0.25) is 4.90 Å². The first-order valence-corrected chi connectivity index (χ1v) is 7.29. The molecule has 2 heteroatoms. The van der Waals surface area contributed by atoms with Crippen LogP contribution in [0.4, 0.5) is 0 Å². The van der Waals surface area contributed by atoms with Gasteiger partial charge in [-0.2, -0.15) is 0 Å². The summed E-state index contributed by atoms with van der Waals surface area (Å²) in [7, 11) is 0.